The zero-order chi connectivity index (χ0) is 17.1. The summed E-state index contributed by atoms with van der Waals surface area (Å²) in [6, 6.07) is 6.07. The van der Waals surface area contributed by atoms with Gasteiger partial charge in [0.2, 0.25) is 5.91 Å². The normalized spacial score (nSPS) is 17.6. The fourth-order valence-electron chi connectivity index (χ4n) is 2.45. The number of nitrogens with zero attached hydrogens (tertiary/aromatic N) is 2. The molecule has 1 aromatic heterocycles. The lowest BCUT2D eigenvalue weighted by molar-refractivity contribution is -0.114. The molecular formula is C16H16FN3O3S. The predicted octanol–water partition coefficient (Wildman–Crippen LogP) is 2.45. The predicted molar refractivity (Wildman–Crippen MR) is 87.4 cm³/mol. The van der Waals surface area contributed by atoms with Crippen molar-refractivity contribution < 1.29 is 18.7 Å². The van der Waals surface area contributed by atoms with Crippen molar-refractivity contribution in [2.45, 2.75) is 13.0 Å². The zero-order valence-electron chi connectivity index (χ0n) is 13.0. The smallest absolute Gasteiger partial charge is 0.273 e. The highest BCUT2D eigenvalue weighted by atomic mass is 32.1. The van der Waals surface area contributed by atoms with Gasteiger partial charge in [-0.25, -0.2) is 9.37 Å². The molecule has 1 N–H and O–H groups in total. The highest BCUT2D eigenvalue weighted by Crippen LogP contribution is 2.24. The molecule has 0 unspecified atom stereocenters. The molecule has 2 heterocycles. The van der Waals surface area contributed by atoms with Crippen LogP contribution in [0.5, 0.6) is 0 Å². The minimum absolute atomic E-state index is 0.210. The van der Waals surface area contributed by atoms with Crippen LogP contribution in [0.2, 0.25) is 0 Å². The summed E-state index contributed by atoms with van der Waals surface area (Å²) in [6.45, 7) is 2.62. The number of morpholine rings is 1. The van der Waals surface area contributed by atoms with E-state index >= 15 is 0 Å². The summed E-state index contributed by atoms with van der Waals surface area (Å²) in [7, 11) is 0. The number of amides is 2. The number of nitrogens with one attached hydrogen (secondary N) is 1. The Hall–Kier alpha value is -2.32. The first-order chi connectivity index (χ1) is 11.5. The lowest BCUT2D eigenvalue weighted by atomic mass is 10.1. The van der Waals surface area contributed by atoms with E-state index in [2.05, 4.69) is 10.3 Å². The molecule has 1 aliphatic heterocycles. The van der Waals surface area contributed by atoms with Gasteiger partial charge < -0.3 is 15.0 Å². The van der Waals surface area contributed by atoms with Crippen LogP contribution < -0.4 is 5.32 Å². The molecular weight excluding hydrogens is 333 g/mol. The molecule has 2 aromatic rings. The van der Waals surface area contributed by atoms with Crippen molar-refractivity contribution in [2.24, 2.45) is 0 Å². The van der Waals surface area contributed by atoms with E-state index in [1.807, 2.05) is 0 Å². The molecule has 1 aliphatic rings. The number of hydrogen-bond donors (Lipinski definition) is 1. The van der Waals surface area contributed by atoms with Crippen molar-refractivity contribution in [1.29, 1.82) is 0 Å². The van der Waals surface area contributed by atoms with Crippen LogP contribution in [0.15, 0.2) is 29.6 Å². The van der Waals surface area contributed by atoms with Gasteiger partial charge in [0.05, 0.1) is 13.2 Å². The van der Waals surface area contributed by atoms with Crippen molar-refractivity contribution in [1.82, 2.24) is 9.88 Å². The van der Waals surface area contributed by atoms with Crippen LogP contribution >= 0.6 is 11.3 Å². The monoisotopic (exact) mass is 349 g/mol. The summed E-state index contributed by atoms with van der Waals surface area (Å²) in [5.41, 5.74) is 1.12. The van der Waals surface area contributed by atoms with Gasteiger partial charge in [0.1, 0.15) is 17.6 Å². The highest BCUT2D eigenvalue weighted by Gasteiger charge is 2.27. The molecule has 0 bridgehead atoms. The molecule has 1 atom stereocenters. The average Bonchev–Trinajstić information content (AvgIpc) is 3.02. The van der Waals surface area contributed by atoms with Crippen molar-refractivity contribution in [3.05, 3.63) is 46.7 Å². The van der Waals surface area contributed by atoms with Gasteiger partial charge in [0.25, 0.3) is 5.91 Å². The van der Waals surface area contributed by atoms with E-state index in [-0.39, 0.29) is 23.7 Å². The van der Waals surface area contributed by atoms with Gasteiger partial charge in [-0.2, -0.15) is 0 Å². The molecule has 0 aliphatic carbocycles. The second kappa shape index (κ2) is 7.06. The Balaban J connectivity index is 1.69. The van der Waals surface area contributed by atoms with Crippen LogP contribution in [-0.2, 0) is 9.53 Å². The van der Waals surface area contributed by atoms with Crippen molar-refractivity contribution in [2.75, 3.05) is 25.0 Å². The molecule has 2 amide bonds. The molecule has 3 rings (SSSR count). The summed E-state index contributed by atoms with van der Waals surface area (Å²) in [4.78, 5) is 29.4. The number of carbonyl (C=O) groups excluding carboxylic acids is 2. The lowest BCUT2D eigenvalue weighted by Crippen LogP contribution is -2.42. The molecule has 1 fully saturated rings. The first kappa shape index (κ1) is 16.5. The number of anilines is 1. The summed E-state index contributed by atoms with van der Waals surface area (Å²) in [5.74, 6) is -0.750. The number of rotatable bonds is 3. The van der Waals surface area contributed by atoms with E-state index in [1.54, 1.807) is 22.4 Å². The summed E-state index contributed by atoms with van der Waals surface area (Å²) in [5, 5.41) is 4.58. The van der Waals surface area contributed by atoms with Crippen LogP contribution in [0.3, 0.4) is 0 Å². The third kappa shape index (κ3) is 3.77. The molecule has 24 heavy (non-hydrogen) atoms. The van der Waals surface area contributed by atoms with E-state index in [9.17, 15) is 14.0 Å². The quantitative estimate of drug-likeness (QED) is 0.924. The largest absolute Gasteiger partial charge is 0.370 e. The fourth-order valence-corrected chi connectivity index (χ4v) is 3.19. The molecule has 1 saturated heterocycles. The van der Waals surface area contributed by atoms with Crippen molar-refractivity contribution >= 4 is 28.3 Å². The Morgan fingerprint density at radius 1 is 1.38 bits per heavy atom. The van der Waals surface area contributed by atoms with Gasteiger partial charge in [0.15, 0.2) is 5.13 Å². The van der Waals surface area contributed by atoms with Crippen LogP contribution in [0.4, 0.5) is 9.52 Å². The second-order valence-corrected chi connectivity index (χ2v) is 6.24. The van der Waals surface area contributed by atoms with Gasteiger partial charge >= 0.3 is 0 Å². The Labute approximate surface area is 142 Å². The SMILES string of the molecule is CC(=O)Nc1nc(C(=O)N2CCO[C@H](c3ccc(F)cc3)C2)cs1. The molecule has 8 heteroatoms. The molecule has 1 aromatic carbocycles. The lowest BCUT2D eigenvalue weighted by Gasteiger charge is -2.32. The number of thiazole rings is 1. The van der Waals surface area contributed by atoms with E-state index < -0.39 is 0 Å². The maximum atomic E-state index is 13.0. The Morgan fingerprint density at radius 2 is 2.12 bits per heavy atom. The van der Waals surface area contributed by atoms with Crippen LogP contribution in [0.1, 0.15) is 29.1 Å². The maximum Gasteiger partial charge on any atom is 0.273 e. The summed E-state index contributed by atoms with van der Waals surface area (Å²) >= 11 is 1.21. The van der Waals surface area contributed by atoms with Crippen LogP contribution in [-0.4, -0.2) is 41.4 Å². The standard InChI is InChI=1S/C16H16FN3O3S/c1-10(21)18-16-19-13(9-24-16)15(22)20-6-7-23-14(8-20)11-2-4-12(17)5-3-11/h2-5,9,14H,6-8H2,1H3,(H,18,19,21)/t14-/m0/s1. The Bertz CT molecular complexity index is 747. The minimum Gasteiger partial charge on any atom is -0.370 e. The number of carbonyl (C=O) groups is 2. The summed E-state index contributed by atoms with van der Waals surface area (Å²) in [6.07, 6.45) is -0.295. The van der Waals surface area contributed by atoms with Crippen LogP contribution in [0, 0.1) is 5.82 Å². The summed E-state index contributed by atoms with van der Waals surface area (Å²) < 4.78 is 18.7. The molecule has 0 spiro atoms. The Kier molecular flexibility index (Phi) is 4.86. The van der Waals surface area contributed by atoms with E-state index in [4.69, 9.17) is 4.74 Å². The number of halogens is 1. The number of benzene rings is 1. The minimum atomic E-state index is -0.310. The first-order valence-electron chi connectivity index (χ1n) is 7.42. The maximum absolute atomic E-state index is 13.0. The van der Waals surface area contributed by atoms with Crippen molar-refractivity contribution in [3.63, 3.8) is 0 Å². The van der Waals surface area contributed by atoms with Gasteiger partial charge in [-0.1, -0.05) is 12.1 Å². The number of ether oxygens (including phenoxy) is 1. The fraction of sp³-hybridized carbons (Fsp3) is 0.312. The molecule has 126 valence electrons. The average molecular weight is 349 g/mol. The van der Waals surface area contributed by atoms with Gasteiger partial charge in [-0.05, 0) is 17.7 Å². The third-order valence-electron chi connectivity index (χ3n) is 3.60. The van der Waals surface area contributed by atoms with Crippen molar-refractivity contribution in [3.8, 4) is 0 Å². The second-order valence-electron chi connectivity index (χ2n) is 5.38. The van der Waals surface area contributed by atoms with E-state index in [0.29, 0.717) is 30.5 Å². The van der Waals surface area contributed by atoms with Gasteiger partial charge in [-0.3, -0.25) is 9.59 Å². The Morgan fingerprint density at radius 3 is 2.83 bits per heavy atom. The van der Waals surface area contributed by atoms with Crippen LogP contribution in [0.25, 0.3) is 0 Å². The van der Waals surface area contributed by atoms with E-state index in [0.717, 1.165) is 5.56 Å². The number of aromatic nitrogens is 1. The molecule has 6 nitrogen and oxygen atoms in total. The van der Waals surface area contributed by atoms with E-state index in [1.165, 1.54) is 30.4 Å². The molecule has 0 radical (unpaired) electrons. The van der Waals surface area contributed by atoms with Gasteiger partial charge in [0, 0.05) is 18.8 Å². The zero-order valence-corrected chi connectivity index (χ0v) is 13.8. The third-order valence-corrected chi connectivity index (χ3v) is 4.36. The van der Waals surface area contributed by atoms with Gasteiger partial charge in [-0.15, -0.1) is 11.3 Å². The number of hydrogen-bond acceptors (Lipinski definition) is 5. The first-order valence-corrected chi connectivity index (χ1v) is 8.30. The topological polar surface area (TPSA) is 71.5 Å². The highest BCUT2D eigenvalue weighted by molar-refractivity contribution is 7.14. The molecule has 0 saturated carbocycles.